The minimum Gasteiger partial charge on any atom is -0.347 e. The molecule has 1 aromatic carbocycles. The van der Waals surface area contributed by atoms with Crippen molar-refractivity contribution in [2.45, 2.75) is 12.8 Å². The molecule has 0 aliphatic carbocycles. The number of carbonyl (C=O) groups excluding carboxylic acids is 1. The van der Waals surface area contributed by atoms with E-state index in [4.69, 9.17) is 0 Å². The number of thiophene rings is 1. The van der Waals surface area contributed by atoms with Gasteiger partial charge in [-0.2, -0.15) is 0 Å². The maximum absolute atomic E-state index is 10.1. The van der Waals surface area contributed by atoms with Gasteiger partial charge in [0.1, 0.15) is 0 Å². The van der Waals surface area contributed by atoms with E-state index in [1.54, 1.807) is 17.7 Å². The number of nitrogens with one attached hydrogen (secondary N) is 1. The van der Waals surface area contributed by atoms with Crippen LogP contribution < -0.4 is 5.32 Å². The Hall–Kier alpha value is -1.35. The van der Waals surface area contributed by atoms with Crippen LogP contribution in [0.4, 0.5) is 0 Å². The van der Waals surface area contributed by atoms with Gasteiger partial charge >= 0.3 is 6.41 Å². The number of amides is 1. The first-order chi connectivity index (χ1) is 7.31. The molecule has 2 nitrogen and oxygen atoms in total. The zero-order valence-corrected chi connectivity index (χ0v) is 9.30. The lowest BCUT2D eigenvalue weighted by molar-refractivity contribution is 0.538. The fourth-order valence-corrected chi connectivity index (χ4v) is 2.66. The summed E-state index contributed by atoms with van der Waals surface area (Å²) in [6.07, 6.45) is 1.71. The van der Waals surface area contributed by atoms with Crippen LogP contribution in [0.2, 0.25) is 0 Å². The third kappa shape index (κ3) is 2.18. The summed E-state index contributed by atoms with van der Waals surface area (Å²) in [6, 6.07) is 10.5. The molecule has 2 rings (SSSR count). The lowest BCUT2D eigenvalue weighted by atomic mass is 10.1. The van der Waals surface area contributed by atoms with Crippen molar-refractivity contribution >= 4 is 27.8 Å². The quantitative estimate of drug-likeness (QED) is 0.785. The summed E-state index contributed by atoms with van der Waals surface area (Å²) in [4.78, 5) is 11.4. The summed E-state index contributed by atoms with van der Waals surface area (Å²) in [5.74, 6) is 0.351. The molecule has 15 heavy (non-hydrogen) atoms. The standard InChI is InChI=1S/C12H12NOS/c1-9(7-13-8-14)12-6-10-4-2-3-5-11(10)15-12/h2-6,9H,7H2,1H3,(H,13,14). The summed E-state index contributed by atoms with van der Waals surface area (Å²) < 4.78 is 1.30. The monoisotopic (exact) mass is 218 g/mol. The lowest BCUT2D eigenvalue weighted by Gasteiger charge is -2.06. The van der Waals surface area contributed by atoms with Crippen molar-refractivity contribution in [3.63, 3.8) is 0 Å². The highest BCUT2D eigenvalue weighted by Gasteiger charge is 2.08. The Morgan fingerprint density at radius 1 is 1.47 bits per heavy atom. The van der Waals surface area contributed by atoms with Crippen LogP contribution in [0.15, 0.2) is 30.3 Å². The minimum absolute atomic E-state index is 0.351. The molecule has 2 aromatic rings. The van der Waals surface area contributed by atoms with E-state index in [0.717, 1.165) is 0 Å². The van der Waals surface area contributed by atoms with Gasteiger partial charge in [-0.25, -0.2) is 0 Å². The Morgan fingerprint density at radius 3 is 3.00 bits per heavy atom. The number of fused-ring (bicyclic) bond motifs is 1. The van der Waals surface area contributed by atoms with E-state index in [2.05, 4.69) is 30.4 Å². The maximum atomic E-state index is 10.1. The maximum Gasteiger partial charge on any atom is 0.309 e. The molecule has 0 spiro atoms. The predicted octanol–water partition coefficient (Wildman–Crippen LogP) is 2.66. The van der Waals surface area contributed by atoms with E-state index in [9.17, 15) is 4.79 Å². The molecule has 0 aliphatic rings. The van der Waals surface area contributed by atoms with Gasteiger partial charge in [0.2, 0.25) is 0 Å². The van der Waals surface area contributed by atoms with Gasteiger partial charge in [0, 0.05) is 22.0 Å². The second-order valence-corrected chi connectivity index (χ2v) is 4.69. The molecule has 1 aromatic heterocycles. The SMILES string of the molecule is CC(CN[C]=O)c1cc2ccccc2s1. The molecule has 1 unspecified atom stereocenters. The normalized spacial score (nSPS) is 12.6. The topological polar surface area (TPSA) is 29.1 Å². The van der Waals surface area contributed by atoms with Crippen molar-refractivity contribution in [3.05, 3.63) is 35.2 Å². The van der Waals surface area contributed by atoms with Crippen LogP contribution in [-0.2, 0) is 4.79 Å². The van der Waals surface area contributed by atoms with Crippen molar-refractivity contribution in [2.24, 2.45) is 0 Å². The van der Waals surface area contributed by atoms with Gasteiger partial charge in [-0.15, -0.1) is 11.3 Å². The van der Waals surface area contributed by atoms with Crippen LogP contribution in [0, 0.1) is 0 Å². The molecule has 0 fully saturated rings. The molecule has 0 saturated carbocycles. The smallest absolute Gasteiger partial charge is 0.309 e. The molecule has 1 N–H and O–H groups in total. The van der Waals surface area contributed by atoms with Gasteiger partial charge in [-0.05, 0) is 17.5 Å². The van der Waals surface area contributed by atoms with E-state index in [1.165, 1.54) is 15.0 Å². The van der Waals surface area contributed by atoms with Gasteiger partial charge in [-0.3, -0.25) is 4.79 Å². The molecular weight excluding hydrogens is 206 g/mol. The average molecular weight is 218 g/mol. The van der Waals surface area contributed by atoms with E-state index >= 15 is 0 Å². The highest BCUT2D eigenvalue weighted by Crippen LogP contribution is 2.30. The highest BCUT2D eigenvalue weighted by atomic mass is 32.1. The van der Waals surface area contributed by atoms with Crippen molar-refractivity contribution in [3.8, 4) is 0 Å². The first-order valence-electron chi connectivity index (χ1n) is 4.89. The molecule has 1 atom stereocenters. The molecule has 1 amide bonds. The van der Waals surface area contributed by atoms with E-state index < -0.39 is 0 Å². The largest absolute Gasteiger partial charge is 0.347 e. The van der Waals surface area contributed by atoms with Crippen LogP contribution in [0.5, 0.6) is 0 Å². The number of hydrogen-bond donors (Lipinski definition) is 1. The Morgan fingerprint density at radius 2 is 2.27 bits per heavy atom. The molecule has 0 aliphatic heterocycles. The molecule has 0 saturated heterocycles. The number of rotatable bonds is 4. The molecule has 1 heterocycles. The van der Waals surface area contributed by atoms with Crippen LogP contribution in [0.1, 0.15) is 17.7 Å². The molecule has 77 valence electrons. The summed E-state index contributed by atoms with van der Waals surface area (Å²) in [5, 5.41) is 3.87. The van der Waals surface area contributed by atoms with Crippen LogP contribution in [-0.4, -0.2) is 13.0 Å². The second-order valence-electron chi connectivity index (χ2n) is 3.57. The average Bonchev–Trinajstić information content (AvgIpc) is 2.69. The van der Waals surface area contributed by atoms with E-state index in [-0.39, 0.29) is 0 Å². The van der Waals surface area contributed by atoms with Crippen LogP contribution >= 0.6 is 11.3 Å². The Balaban J connectivity index is 2.24. The molecule has 0 bridgehead atoms. The van der Waals surface area contributed by atoms with Crippen molar-refractivity contribution in [2.75, 3.05) is 6.54 Å². The number of benzene rings is 1. The minimum atomic E-state index is 0.351. The zero-order chi connectivity index (χ0) is 10.7. The Kier molecular flexibility index (Phi) is 3.02. The van der Waals surface area contributed by atoms with Crippen molar-refractivity contribution in [1.82, 2.24) is 5.32 Å². The predicted molar refractivity (Wildman–Crippen MR) is 63.9 cm³/mol. The first-order valence-corrected chi connectivity index (χ1v) is 5.71. The molecule has 1 radical (unpaired) electrons. The summed E-state index contributed by atoms with van der Waals surface area (Å²) in [6.45, 7) is 2.76. The summed E-state index contributed by atoms with van der Waals surface area (Å²) >= 11 is 1.79. The Bertz CT molecular complexity index is 430. The fourth-order valence-electron chi connectivity index (χ4n) is 1.54. The van der Waals surface area contributed by atoms with Crippen LogP contribution in [0.25, 0.3) is 10.1 Å². The Labute approximate surface area is 92.9 Å². The van der Waals surface area contributed by atoms with Gasteiger partial charge in [0.15, 0.2) is 0 Å². The van der Waals surface area contributed by atoms with Crippen molar-refractivity contribution < 1.29 is 4.79 Å². The van der Waals surface area contributed by atoms with E-state index in [1.807, 2.05) is 12.1 Å². The third-order valence-electron chi connectivity index (χ3n) is 2.41. The lowest BCUT2D eigenvalue weighted by Crippen LogP contribution is -2.17. The first kappa shape index (κ1) is 10.2. The summed E-state index contributed by atoms with van der Waals surface area (Å²) in [5.41, 5.74) is 0. The van der Waals surface area contributed by atoms with Gasteiger partial charge in [0.25, 0.3) is 0 Å². The fraction of sp³-hybridized carbons (Fsp3) is 0.250. The second kappa shape index (κ2) is 4.45. The van der Waals surface area contributed by atoms with Gasteiger partial charge in [0.05, 0.1) is 0 Å². The van der Waals surface area contributed by atoms with Gasteiger partial charge in [-0.1, -0.05) is 25.1 Å². The highest BCUT2D eigenvalue weighted by molar-refractivity contribution is 7.19. The molecular formula is C12H12NOS. The number of hydrogen-bond acceptors (Lipinski definition) is 2. The van der Waals surface area contributed by atoms with Crippen molar-refractivity contribution in [1.29, 1.82) is 0 Å². The molecule has 3 heteroatoms. The zero-order valence-electron chi connectivity index (χ0n) is 8.49. The van der Waals surface area contributed by atoms with E-state index in [0.29, 0.717) is 12.5 Å². The summed E-state index contributed by atoms with van der Waals surface area (Å²) in [7, 11) is 0. The third-order valence-corrected chi connectivity index (χ3v) is 3.76. The van der Waals surface area contributed by atoms with Crippen LogP contribution in [0.3, 0.4) is 0 Å². The van der Waals surface area contributed by atoms with Gasteiger partial charge < -0.3 is 5.32 Å².